The van der Waals surface area contributed by atoms with Crippen LogP contribution in [0.3, 0.4) is 0 Å². The van der Waals surface area contributed by atoms with Crippen molar-refractivity contribution in [1.82, 2.24) is 0 Å². The average Bonchev–Trinajstić information content (AvgIpc) is 2.34. The molecule has 0 aliphatic heterocycles. The zero-order valence-corrected chi connectivity index (χ0v) is 10.1. The highest BCUT2D eigenvalue weighted by Crippen LogP contribution is 2.29. The summed E-state index contributed by atoms with van der Waals surface area (Å²) < 4.78 is 13.7. The Labute approximate surface area is 109 Å². The van der Waals surface area contributed by atoms with Crippen LogP contribution < -0.4 is 0 Å². The zero-order valence-electron chi connectivity index (χ0n) is 9.31. The minimum atomic E-state index is -1.07. The van der Waals surface area contributed by atoms with Gasteiger partial charge in [0.15, 0.2) is 0 Å². The first-order chi connectivity index (χ1) is 8.58. The van der Waals surface area contributed by atoms with E-state index in [0.29, 0.717) is 10.6 Å². The topological polar surface area (TPSA) is 37.3 Å². The van der Waals surface area contributed by atoms with Gasteiger partial charge in [-0.1, -0.05) is 35.9 Å². The van der Waals surface area contributed by atoms with E-state index in [9.17, 15) is 9.18 Å². The molecule has 1 N–H and O–H groups in total. The molecular weight excluding hydrogens is 255 g/mol. The maximum Gasteiger partial charge on any atom is 0.314 e. The van der Waals surface area contributed by atoms with E-state index in [0.717, 1.165) is 0 Å². The summed E-state index contributed by atoms with van der Waals surface area (Å²) in [5.74, 6) is -2.56. The van der Waals surface area contributed by atoms with Crippen molar-refractivity contribution in [2.45, 2.75) is 0 Å². The van der Waals surface area contributed by atoms with Crippen molar-refractivity contribution in [2.75, 3.05) is 0 Å². The van der Waals surface area contributed by atoms with Crippen LogP contribution in [0.4, 0.5) is 4.39 Å². The quantitative estimate of drug-likeness (QED) is 0.881. The maximum atomic E-state index is 13.7. The first-order valence-electron chi connectivity index (χ1n) is 5.32. The molecule has 1 unspecified atom stereocenters. The Bertz CT molecular complexity index is 556. The van der Waals surface area contributed by atoms with E-state index >= 15 is 0 Å². The van der Waals surface area contributed by atoms with Crippen LogP contribution in [-0.2, 0) is 4.79 Å². The largest absolute Gasteiger partial charge is 0.481 e. The zero-order chi connectivity index (χ0) is 13.1. The number of carbonyl (C=O) groups is 1. The van der Waals surface area contributed by atoms with Crippen LogP contribution >= 0.6 is 11.6 Å². The Morgan fingerprint density at radius 2 is 2.00 bits per heavy atom. The molecule has 1 atom stereocenters. The van der Waals surface area contributed by atoms with E-state index in [1.54, 1.807) is 24.3 Å². The third kappa shape index (κ3) is 2.68. The first-order valence-corrected chi connectivity index (χ1v) is 5.70. The second-order valence-electron chi connectivity index (χ2n) is 3.87. The lowest BCUT2D eigenvalue weighted by atomic mass is 9.92. The number of aliphatic carboxylic acids is 1. The summed E-state index contributed by atoms with van der Waals surface area (Å²) in [7, 11) is 0. The summed E-state index contributed by atoms with van der Waals surface area (Å²) in [4.78, 5) is 11.0. The molecule has 0 fully saturated rings. The van der Waals surface area contributed by atoms with Gasteiger partial charge in [-0.25, -0.2) is 4.39 Å². The number of rotatable bonds is 2. The molecule has 0 aromatic heterocycles. The molecule has 0 spiro atoms. The van der Waals surface area contributed by atoms with Crippen molar-refractivity contribution in [2.24, 2.45) is 5.92 Å². The Morgan fingerprint density at radius 3 is 2.61 bits per heavy atom. The van der Waals surface area contributed by atoms with Crippen molar-refractivity contribution in [3.8, 4) is 0 Å². The predicted octanol–water partition coefficient (Wildman–Crippen LogP) is 3.85. The van der Waals surface area contributed by atoms with E-state index in [4.69, 9.17) is 16.7 Å². The van der Waals surface area contributed by atoms with Gasteiger partial charge in [-0.15, -0.1) is 0 Å². The van der Waals surface area contributed by atoms with Gasteiger partial charge in [0.2, 0.25) is 0 Å². The normalized spacial score (nSPS) is 20.9. The van der Waals surface area contributed by atoms with Gasteiger partial charge in [0.25, 0.3) is 0 Å². The van der Waals surface area contributed by atoms with E-state index < -0.39 is 17.7 Å². The minimum absolute atomic E-state index is 0.146. The molecule has 18 heavy (non-hydrogen) atoms. The van der Waals surface area contributed by atoms with Gasteiger partial charge in [-0.05, 0) is 29.8 Å². The number of hydrogen-bond acceptors (Lipinski definition) is 1. The molecule has 1 aromatic rings. The number of carboxylic acid groups (broad SMARTS) is 1. The van der Waals surface area contributed by atoms with Crippen LogP contribution in [0.2, 0.25) is 5.02 Å². The number of hydrogen-bond donors (Lipinski definition) is 1. The standard InChI is InChI=1S/C14H10ClFO2/c15-10-6-4-9(5-7-10)8-12-11(14(17)18)2-1-3-13(12)16/h1-8,11H,(H,17,18). The highest BCUT2D eigenvalue weighted by Gasteiger charge is 2.24. The molecule has 1 aromatic carbocycles. The highest BCUT2D eigenvalue weighted by molar-refractivity contribution is 6.30. The Kier molecular flexibility index (Phi) is 3.63. The smallest absolute Gasteiger partial charge is 0.314 e. The minimum Gasteiger partial charge on any atom is -0.481 e. The molecule has 2 nitrogen and oxygen atoms in total. The average molecular weight is 265 g/mol. The number of benzene rings is 1. The van der Waals surface area contributed by atoms with Crippen LogP contribution in [0.1, 0.15) is 5.56 Å². The van der Waals surface area contributed by atoms with Crippen LogP contribution in [0, 0.1) is 5.92 Å². The fraction of sp³-hybridized carbons (Fsp3) is 0.0714. The summed E-state index contributed by atoms with van der Waals surface area (Å²) in [6, 6.07) is 6.76. The van der Waals surface area contributed by atoms with Crippen molar-refractivity contribution in [3.05, 3.63) is 64.5 Å². The molecule has 0 saturated carbocycles. The van der Waals surface area contributed by atoms with Crippen LogP contribution in [0.25, 0.3) is 6.08 Å². The van der Waals surface area contributed by atoms with Crippen molar-refractivity contribution in [3.63, 3.8) is 0 Å². The SMILES string of the molecule is O=C(O)C1C=CC=C(F)C1=Cc1ccc(Cl)cc1. The van der Waals surface area contributed by atoms with E-state index in [1.165, 1.54) is 24.3 Å². The summed E-state index contributed by atoms with van der Waals surface area (Å²) >= 11 is 5.75. The fourth-order valence-electron chi connectivity index (χ4n) is 1.71. The number of allylic oxidation sites excluding steroid dienone is 3. The predicted molar refractivity (Wildman–Crippen MR) is 68.9 cm³/mol. The van der Waals surface area contributed by atoms with Crippen LogP contribution in [0.15, 0.2) is 53.9 Å². The summed E-state index contributed by atoms with van der Waals surface area (Å²) in [6.45, 7) is 0. The second kappa shape index (κ2) is 5.19. The number of halogens is 2. The van der Waals surface area contributed by atoms with Crippen LogP contribution in [0.5, 0.6) is 0 Å². The number of carboxylic acids is 1. The monoisotopic (exact) mass is 264 g/mol. The van der Waals surface area contributed by atoms with E-state index in [1.807, 2.05) is 0 Å². The van der Waals surface area contributed by atoms with Gasteiger partial charge in [-0.3, -0.25) is 4.79 Å². The highest BCUT2D eigenvalue weighted by atomic mass is 35.5. The fourth-order valence-corrected chi connectivity index (χ4v) is 1.84. The lowest BCUT2D eigenvalue weighted by Gasteiger charge is -2.14. The second-order valence-corrected chi connectivity index (χ2v) is 4.30. The molecule has 4 heteroatoms. The van der Waals surface area contributed by atoms with E-state index in [2.05, 4.69) is 0 Å². The third-order valence-electron chi connectivity index (χ3n) is 2.62. The van der Waals surface area contributed by atoms with Crippen molar-refractivity contribution >= 4 is 23.6 Å². The van der Waals surface area contributed by atoms with Gasteiger partial charge in [0.05, 0.1) is 0 Å². The Morgan fingerprint density at radius 1 is 1.33 bits per heavy atom. The third-order valence-corrected chi connectivity index (χ3v) is 2.87. The first kappa shape index (κ1) is 12.6. The summed E-state index contributed by atoms with van der Waals surface area (Å²) in [5, 5.41) is 9.62. The van der Waals surface area contributed by atoms with Crippen LogP contribution in [-0.4, -0.2) is 11.1 Å². The van der Waals surface area contributed by atoms with Gasteiger partial charge < -0.3 is 5.11 Å². The van der Waals surface area contributed by atoms with Crippen molar-refractivity contribution < 1.29 is 14.3 Å². The Balaban J connectivity index is 2.40. The molecule has 0 amide bonds. The Hall–Kier alpha value is -1.87. The maximum absolute atomic E-state index is 13.7. The van der Waals surface area contributed by atoms with Gasteiger partial charge in [0.1, 0.15) is 11.7 Å². The summed E-state index contributed by atoms with van der Waals surface area (Å²) in [6.07, 6.45) is 5.63. The molecular formula is C14H10ClFO2. The van der Waals surface area contributed by atoms with Gasteiger partial charge >= 0.3 is 5.97 Å². The molecule has 1 aliphatic carbocycles. The molecule has 0 saturated heterocycles. The molecule has 2 rings (SSSR count). The lowest BCUT2D eigenvalue weighted by Crippen LogP contribution is -2.15. The van der Waals surface area contributed by atoms with Gasteiger partial charge in [-0.2, -0.15) is 0 Å². The molecule has 0 bridgehead atoms. The lowest BCUT2D eigenvalue weighted by molar-refractivity contribution is -0.138. The molecule has 92 valence electrons. The molecule has 1 aliphatic rings. The summed E-state index contributed by atoms with van der Waals surface area (Å²) in [5.41, 5.74) is 0.854. The van der Waals surface area contributed by atoms with Gasteiger partial charge in [0, 0.05) is 10.6 Å². The van der Waals surface area contributed by atoms with Crippen molar-refractivity contribution in [1.29, 1.82) is 0 Å². The molecule has 0 heterocycles. The molecule has 0 radical (unpaired) electrons. The van der Waals surface area contributed by atoms with E-state index in [-0.39, 0.29) is 5.57 Å².